The van der Waals surface area contributed by atoms with Gasteiger partial charge in [0.25, 0.3) is 0 Å². The molecule has 0 aromatic heterocycles. The molecule has 7 heterocycles. The zero-order valence-corrected chi connectivity index (χ0v) is 91.4. The predicted molar refractivity (Wildman–Crippen MR) is 527 cm³/mol. The van der Waals surface area contributed by atoms with Crippen molar-refractivity contribution in [1.82, 2.24) is 9.80 Å². The molecule has 41 heteroatoms. The summed E-state index contributed by atoms with van der Waals surface area (Å²) in [7, 11) is 10.5. The molecule has 0 unspecified atom stereocenters. The van der Waals surface area contributed by atoms with Crippen LogP contribution in [0.25, 0.3) is 0 Å². The first kappa shape index (κ1) is 131. The smallest absolute Gasteiger partial charge is 0.335 e. The number of carboxylic acids is 1. The van der Waals surface area contributed by atoms with E-state index in [1.807, 2.05) is 51.8 Å². The van der Waals surface area contributed by atoms with Gasteiger partial charge in [0, 0.05) is 75.0 Å². The third-order valence-electron chi connectivity index (χ3n) is 31.5. The zero-order valence-electron chi connectivity index (χ0n) is 91.4. The van der Waals surface area contributed by atoms with Crippen molar-refractivity contribution in [2.24, 2.45) is 47.3 Å². The number of nitrogens with zero attached hydrogens (tertiary/aromatic N) is 2. The van der Waals surface area contributed by atoms with Crippen LogP contribution >= 0.6 is 0 Å². The third kappa shape index (κ3) is 35.2. The molecule has 0 aromatic carbocycles. The van der Waals surface area contributed by atoms with Crippen LogP contribution in [0.1, 0.15) is 299 Å². The normalized spacial score (nSPS) is 42.5. The molecule has 0 aliphatic carbocycles. The number of hydrogen-bond acceptors (Lipinski definition) is 40. The van der Waals surface area contributed by atoms with Gasteiger partial charge in [-0.15, -0.1) is 0 Å². The number of carbonyl (C=O) groups is 6. The lowest BCUT2D eigenvalue weighted by molar-refractivity contribution is -0.326. The van der Waals surface area contributed by atoms with Crippen molar-refractivity contribution in [2.75, 3.05) is 55.6 Å². The second-order valence-corrected chi connectivity index (χ2v) is 44.4. The SMILES string of the molecule is CCCCCCCCCCCCCCCCCC(=O)O[C@H]1[C@H](O[C@@H]2[C@@H](C)[C@H](O[C@H]3C[C@@](C)(OC)[C@@H](O)[C@H](C)O3)[C@@H](C)C(=O)O[C@H](CC)[C@@](C)(O)[C@H](O)[C@@H](C)C(=O)[C@H](C)C[C@@]2(C)O)O[C@H](C)C[C@@H]1N(C)C.CC[C@H]1OC(=O)[C@H](C)[C@@H](O[C@H]2C[C@@](C)(OC)[C@@H](O)[C@H](C)O2)[C@H](C)[C@@H](O[C@@H]2O[C@H](C)C[C@H](N(C)C)[C@H]2O)[C@](C)(O)C[C@@H](C)C(=O)[C@H](C)[C@@H](O)[C@]1(C)O.O=C(O)[C@H](O)[C@@H](O)[C@H](O[C@@H]1O[C@H](CO)[C@H](O)[C@H](O)[C@H]1O)[C@H](O)CO. The second kappa shape index (κ2) is 59.1. The largest absolute Gasteiger partial charge is 0.479 e. The number of aliphatic carboxylic acids is 1. The van der Waals surface area contributed by atoms with Crippen LogP contribution in [-0.4, -0.2) is 416 Å². The number of unbranched alkanes of at least 4 members (excludes halogenated alkanes) is 14. The van der Waals surface area contributed by atoms with Crippen LogP contribution in [0.3, 0.4) is 0 Å². The van der Waals surface area contributed by atoms with Gasteiger partial charge < -0.3 is 173 Å². The zero-order chi connectivity index (χ0) is 110. The fourth-order valence-corrected chi connectivity index (χ4v) is 21.9. The Kier molecular flexibility index (Phi) is 53.5. The standard InChI is InChI=1S/C55H101NO14.C37H67NO13.C12H22O12/c1-15-17-18-19-20-21-22-23-24-25-26-27-28-29-30-31-43(57)68-47-41(56(12)13)32-36(4)65-52(47)70-50-38(6)46(69-44-34-54(10,64-14)49(60)40(8)66-44)39(7)51(61)67-42(16-2)55(11,63)48(59)37(5)45(58)35(3)33-53(50,9)62;1-14-25-37(10,45)30(41)20(4)27(39)18(2)16-35(8,44)32(51-34-28(40)24(38(11)12)15-19(3)47-34)21(5)29(22(6)33(43)49-25)50-26-17-36(9,46-13)31(42)23(7)48-26;13-1-3(15)10(7(18)8(19)11(21)22)24-12-9(20)6(17)5(16)4(2-14)23-12/h35-42,44,46-50,52,59-60,62-63H,15-34H2,1-14H3;18-26,28-32,34,40-42,44-45H,14-17H2,1-13H3;3-10,12-20H,1-2H2,(H,21,22)/t35-,36-,37+,38+,39-,40+,41+,42-,44+,46+,47-,48-,49+,50-,52+,53-,54-,55-;18-,19-,20+,21+,22-,23+,24+,25-,26+,28-,29+,30-,31+,32-,34+,35-,36-,37-;3-,4-,5+,6+,7-,8-,9-,10-,12+/m111/s1. The lowest BCUT2D eigenvalue weighted by Crippen LogP contribution is -2.61. The second-order valence-electron chi connectivity index (χ2n) is 44.4. The molecule has 7 saturated heterocycles. The summed E-state index contributed by atoms with van der Waals surface area (Å²) in [6.07, 6.45) is -18.0. The highest BCUT2D eigenvalue weighted by atomic mass is 16.7. The third-order valence-corrected chi connectivity index (χ3v) is 31.5. The minimum absolute atomic E-state index is 0.0783. The molecule has 41 nitrogen and oxygen atoms in total. The Morgan fingerprint density at radius 1 is 0.448 bits per heavy atom. The van der Waals surface area contributed by atoms with E-state index in [-0.39, 0.29) is 75.2 Å². The highest BCUT2D eigenvalue weighted by Crippen LogP contribution is 2.46. The van der Waals surface area contributed by atoms with Gasteiger partial charge in [0.15, 0.2) is 43.7 Å². The van der Waals surface area contributed by atoms with Crippen LogP contribution in [0.4, 0.5) is 0 Å². The summed E-state index contributed by atoms with van der Waals surface area (Å²) >= 11 is 0. The van der Waals surface area contributed by atoms with E-state index in [1.54, 1.807) is 90.0 Å². The molecule has 0 aromatic rings. The molecule has 0 radical (unpaired) electrons. The number of carbonyl (C=O) groups excluding carboxylic acids is 5. The fourth-order valence-electron chi connectivity index (χ4n) is 21.9. The minimum atomic E-state index is -2.39. The number of likely N-dealkylation sites (N-methyl/N-ethyl adjacent to an activating group) is 2. The number of ether oxygens (including phenoxy) is 15. The molecule has 7 fully saturated rings. The maximum absolute atomic E-state index is 14.4. The van der Waals surface area contributed by atoms with Crippen molar-refractivity contribution >= 4 is 35.4 Å². The monoisotopic (exact) mass is 2090 g/mol. The number of cyclic esters (lactones) is 2. The highest BCUT2D eigenvalue weighted by Gasteiger charge is 2.59. The summed E-state index contributed by atoms with van der Waals surface area (Å²) in [6, 6.07) is -0.648. The summed E-state index contributed by atoms with van der Waals surface area (Å²) in [6.45, 7) is 33.4. The highest BCUT2D eigenvalue weighted by molar-refractivity contribution is 5.84. The molecule has 7 rings (SSSR count). The van der Waals surface area contributed by atoms with Crippen LogP contribution in [0.5, 0.6) is 0 Å². The molecule has 7 aliphatic heterocycles. The van der Waals surface area contributed by atoms with E-state index in [0.717, 1.165) is 19.3 Å². The van der Waals surface area contributed by atoms with Crippen LogP contribution in [-0.2, 0) is 99.8 Å². The number of aliphatic hydroxyl groups is 17. The van der Waals surface area contributed by atoms with Gasteiger partial charge in [0.05, 0.1) is 115 Å². The van der Waals surface area contributed by atoms with Crippen LogP contribution in [0, 0.1) is 47.3 Å². The number of ketones is 2. The lowest BCUT2D eigenvalue weighted by atomic mass is 9.74. The van der Waals surface area contributed by atoms with Crippen molar-refractivity contribution in [3.05, 3.63) is 0 Å². The average Bonchev–Trinajstić information content (AvgIpc) is 0.770. The Bertz CT molecular complexity index is 3810. The van der Waals surface area contributed by atoms with Gasteiger partial charge >= 0.3 is 23.9 Å². The first-order chi connectivity index (χ1) is 67.4. The van der Waals surface area contributed by atoms with E-state index in [0.29, 0.717) is 19.3 Å². The quantitative estimate of drug-likeness (QED) is 0.0225. The molecular weight excluding hydrogens is 1900 g/mol. The first-order valence-electron chi connectivity index (χ1n) is 52.9. The molecular formula is C104H190N2O39. The van der Waals surface area contributed by atoms with Crippen LogP contribution in [0.2, 0.25) is 0 Å². The molecule has 18 N–H and O–H groups in total. The average molecular weight is 2090 g/mol. The topological polar surface area (TPSA) is 611 Å². The van der Waals surface area contributed by atoms with Crippen molar-refractivity contribution in [3.8, 4) is 0 Å². The molecule has 0 saturated carbocycles. The summed E-state index contributed by atoms with van der Waals surface area (Å²) in [4.78, 5) is 84.8. The van der Waals surface area contributed by atoms with E-state index in [1.165, 1.54) is 119 Å². The van der Waals surface area contributed by atoms with Gasteiger partial charge in [-0.25, -0.2) is 4.79 Å². The van der Waals surface area contributed by atoms with E-state index in [9.17, 15) is 105 Å². The van der Waals surface area contributed by atoms with Gasteiger partial charge in [-0.2, -0.15) is 0 Å². The van der Waals surface area contributed by atoms with Gasteiger partial charge in [-0.1, -0.05) is 152 Å². The number of Topliss-reactive ketones (excluding diaryl/α,β-unsaturated/α-hetero) is 2. The number of esters is 3. The minimum Gasteiger partial charge on any atom is -0.479 e. The van der Waals surface area contributed by atoms with Gasteiger partial charge in [0.1, 0.15) is 96.0 Å². The number of rotatable bonds is 39. The first-order valence-corrected chi connectivity index (χ1v) is 52.9. The van der Waals surface area contributed by atoms with Crippen molar-refractivity contribution < 1.29 is 192 Å². The Balaban J connectivity index is 0.000000428. The van der Waals surface area contributed by atoms with E-state index < -0.39 is 289 Å². The maximum Gasteiger partial charge on any atom is 0.335 e. The maximum atomic E-state index is 14.4. The summed E-state index contributed by atoms with van der Waals surface area (Å²) in [5, 5.41) is 189. The van der Waals surface area contributed by atoms with Crippen LogP contribution < -0.4 is 0 Å². The Morgan fingerprint density at radius 2 is 0.828 bits per heavy atom. The molecule has 7 aliphatic rings. The van der Waals surface area contributed by atoms with Crippen LogP contribution in [0.15, 0.2) is 0 Å². The van der Waals surface area contributed by atoms with Gasteiger partial charge in [-0.3, -0.25) is 24.0 Å². The van der Waals surface area contributed by atoms with Crippen molar-refractivity contribution in [3.63, 3.8) is 0 Å². The summed E-state index contributed by atoms with van der Waals surface area (Å²) < 4.78 is 91.7. The Hall–Kier alpha value is -4.02. The molecule has 45 atom stereocenters. The number of carboxylic acid groups (broad SMARTS) is 1. The van der Waals surface area contributed by atoms with E-state index in [4.69, 9.17) is 86.4 Å². The lowest BCUT2D eigenvalue weighted by Gasteiger charge is -2.49. The fraction of sp³-hybridized carbons (Fsp3) is 0.942. The van der Waals surface area contributed by atoms with Gasteiger partial charge in [0.2, 0.25) is 0 Å². The van der Waals surface area contributed by atoms with E-state index in [2.05, 4.69) is 6.92 Å². The molecule has 0 bridgehead atoms. The molecule has 850 valence electrons. The number of hydrogen-bond donors (Lipinski definition) is 18. The predicted octanol–water partition coefficient (Wildman–Crippen LogP) is 4.71. The molecule has 0 amide bonds. The van der Waals surface area contributed by atoms with Crippen molar-refractivity contribution in [1.29, 1.82) is 0 Å². The van der Waals surface area contributed by atoms with Gasteiger partial charge in [-0.05, 0) is 156 Å². The Labute approximate surface area is 859 Å². The van der Waals surface area contributed by atoms with E-state index >= 15 is 0 Å². The summed E-state index contributed by atoms with van der Waals surface area (Å²) in [5.74, 6) is -12.3. The summed E-state index contributed by atoms with van der Waals surface area (Å²) in [5.41, 5.74) is -9.78. The Morgan fingerprint density at radius 3 is 1.19 bits per heavy atom. The molecule has 0 spiro atoms. The number of aliphatic hydroxyl groups excluding tert-OH is 13. The molecule has 145 heavy (non-hydrogen) atoms. The van der Waals surface area contributed by atoms with Crippen molar-refractivity contribution in [2.45, 2.75) is 523 Å². The number of methoxy groups -OCH3 is 2.